The normalized spacial score (nSPS) is 14.1. The zero-order chi connectivity index (χ0) is 35.8. The third kappa shape index (κ3) is 7.08. The number of hydrogen-bond acceptors (Lipinski definition) is 8. The first-order valence-corrected chi connectivity index (χ1v) is 18.1. The van der Waals surface area contributed by atoms with Gasteiger partial charge in [0.15, 0.2) is 11.2 Å². The number of carbonyl (C=O) groups excluding carboxylic acids is 1. The first-order valence-electron chi connectivity index (χ1n) is 17.2. The first kappa shape index (κ1) is 34.4. The lowest BCUT2D eigenvalue weighted by Crippen LogP contribution is -2.40. The highest BCUT2D eigenvalue weighted by molar-refractivity contribution is 7.14. The van der Waals surface area contributed by atoms with Crippen molar-refractivity contribution in [3.8, 4) is 0 Å². The van der Waals surface area contributed by atoms with Crippen molar-refractivity contribution in [2.45, 2.75) is 42.9 Å². The first-order chi connectivity index (χ1) is 25.5. The smallest absolute Gasteiger partial charge is 0.360 e. The number of carbonyl (C=O) groups is 2. The predicted molar refractivity (Wildman–Crippen MR) is 202 cm³/mol. The van der Waals surface area contributed by atoms with Crippen LogP contribution in [0.4, 0.5) is 5.13 Å². The van der Waals surface area contributed by atoms with Crippen LogP contribution in [0.5, 0.6) is 0 Å². The fourth-order valence-corrected chi connectivity index (χ4v) is 7.54. The zero-order valence-electron chi connectivity index (χ0n) is 28.3. The van der Waals surface area contributed by atoms with Gasteiger partial charge >= 0.3 is 11.9 Å². The summed E-state index contributed by atoms with van der Waals surface area (Å²) in [7, 11) is 0. The van der Waals surface area contributed by atoms with Crippen molar-refractivity contribution in [2.24, 2.45) is 5.16 Å². The van der Waals surface area contributed by atoms with Crippen LogP contribution in [0.3, 0.4) is 0 Å². The van der Waals surface area contributed by atoms with Crippen molar-refractivity contribution in [1.82, 2.24) is 4.98 Å². The minimum Gasteiger partial charge on any atom is -0.476 e. The Bertz CT molecular complexity index is 1980. The molecule has 2 N–H and O–H groups in total. The molecule has 0 unspecified atom stereocenters. The number of rotatable bonds is 13. The maximum atomic E-state index is 14.0. The van der Waals surface area contributed by atoms with E-state index in [1.54, 1.807) is 5.38 Å². The van der Waals surface area contributed by atoms with Gasteiger partial charge in [-0.3, -0.25) is 0 Å². The van der Waals surface area contributed by atoms with Crippen LogP contribution in [-0.4, -0.2) is 33.3 Å². The standard InChI is InChI=1S/C43H37N3O5S/c47-39(48)37(46-51-42(28-16-17-29-42)40(49)50-38(31-18-6-1-7-19-31)32-20-8-2-9-21-32)36-30-52-41(44-36)45-43(33-22-10-3-11-23-33,34-24-12-4-13-25-34)35-26-14-5-15-27-35/h1-15,18-27,30,38H,16-17,28-29H2,(H,44,45)(H,47,48)/b46-37+. The van der Waals surface area contributed by atoms with Gasteiger partial charge in [-0.2, -0.15) is 0 Å². The number of thiazole rings is 1. The molecule has 0 amide bonds. The van der Waals surface area contributed by atoms with Crippen LogP contribution in [0, 0.1) is 0 Å². The summed E-state index contributed by atoms with van der Waals surface area (Å²) in [6.45, 7) is 0. The lowest BCUT2D eigenvalue weighted by molar-refractivity contribution is -0.176. The van der Waals surface area contributed by atoms with E-state index >= 15 is 0 Å². The summed E-state index contributed by atoms with van der Waals surface area (Å²) < 4.78 is 6.19. The number of carboxylic acids is 1. The molecule has 0 atom stereocenters. The summed E-state index contributed by atoms with van der Waals surface area (Å²) in [5.41, 5.74) is 1.95. The largest absolute Gasteiger partial charge is 0.476 e. The van der Waals surface area contributed by atoms with Crippen LogP contribution in [0.2, 0.25) is 0 Å². The summed E-state index contributed by atoms with van der Waals surface area (Å²) in [5, 5.41) is 20.3. The van der Waals surface area contributed by atoms with Gasteiger partial charge in [0.2, 0.25) is 11.3 Å². The van der Waals surface area contributed by atoms with Gasteiger partial charge in [-0.25, -0.2) is 14.6 Å². The monoisotopic (exact) mass is 707 g/mol. The van der Waals surface area contributed by atoms with Gasteiger partial charge in [0.1, 0.15) is 11.2 Å². The van der Waals surface area contributed by atoms with E-state index in [4.69, 9.17) is 14.6 Å². The molecular formula is C43H37N3O5S. The molecule has 5 aromatic carbocycles. The number of anilines is 1. The fourth-order valence-electron chi connectivity index (χ4n) is 6.79. The number of aliphatic carboxylic acids is 1. The van der Waals surface area contributed by atoms with Crippen molar-refractivity contribution in [3.63, 3.8) is 0 Å². The van der Waals surface area contributed by atoms with E-state index in [2.05, 4.69) is 46.9 Å². The highest BCUT2D eigenvalue weighted by Gasteiger charge is 2.47. The van der Waals surface area contributed by atoms with E-state index in [0.717, 1.165) is 27.8 Å². The number of oxime groups is 1. The summed E-state index contributed by atoms with van der Waals surface area (Å²) in [5.74, 6) is -1.92. The molecule has 52 heavy (non-hydrogen) atoms. The third-order valence-corrected chi connectivity index (χ3v) is 10.1. The van der Waals surface area contributed by atoms with E-state index in [-0.39, 0.29) is 5.69 Å². The van der Waals surface area contributed by atoms with Crippen molar-refractivity contribution >= 4 is 34.1 Å². The minimum absolute atomic E-state index is 0.107. The molecule has 1 aliphatic rings. The molecule has 0 bridgehead atoms. The van der Waals surface area contributed by atoms with Gasteiger partial charge in [0, 0.05) is 18.2 Å². The summed E-state index contributed by atoms with van der Waals surface area (Å²) in [6, 6.07) is 49.2. The van der Waals surface area contributed by atoms with Crippen LogP contribution in [-0.2, 0) is 24.7 Å². The summed E-state index contributed by atoms with van der Waals surface area (Å²) >= 11 is 1.26. The fraction of sp³-hybridized carbons (Fsp3) is 0.163. The molecule has 0 radical (unpaired) electrons. The average Bonchev–Trinajstić information content (AvgIpc) is 3.88. The van der Waals surface area contributed by atoms with Crippen LogP contribution < -0.4 is 5.32 Å². The van der Waals surface area contributed by atoms with E-state index in [0.29, 0.717) is 30.8 Å². The van der Waals surface area contributed by atoms with Crippen molar-refractivity contribution in [3.05, 3.63) is 191 Å². The van der Waals surface area contributed by atoms with Gasteiger partial charge in [-0.15, -0.1) is 11.3 Å². The maximum Gasteiger partial charge on any atom is 0.360 e. The predicted octanol–water partition coefficient (Wildman–Crippen LogP) is 9.00. The Hall–Kier alpha value is -6.06. The van der Waals surface area contributed by atoms with Gasteiger partial charge in [-0.05, 0) is 40.7 Å². The molecule has 0 aliphatic heterocycles. The molecule has 1 heterocycles. The van der Waals surface area contributed by atoms with E-state index in [1.165, 1.54) is 11.3 Å². The maximum absolute atomic E-state index is 14.0. The molecule has 1 fully saturated rings. The molecular weight excluding hydrogens is 671 g/mol. The lowest BCUT2D eigenvalue weighted by atomic mass is 9.77. The second-order valence-corrected chi connectivity index (χ2v) is 13.5. The molecule has 1 saturated carbocycles. The third-order valence-electron chi connectivity index (χ3n) is 9.39. The Kier molecular flexibility index (Phi) is 10.2. The number of hydrogen-bond donors (Lipinski definition) is 2. The van der Waals surface area contributed by atoms with E-state index < -0.39 is 34.9 Å². The second kappa shape index (κ2) is 15.4. The van der Waals surface area contributed by atoms with Gasteiger partial charge in [-0.1, -0.05) is 157 Å². The molecule has 6 aromatic rings. The number of esters is 1. The SMILES string of the molecule is O=C(O)/C(=N/OC1(C(=O)OC(c2ccccc2)c2ccccc2)CCCC1)c1csc(NC(c2ccccc2)(c2ccccc2)c2ccccc2)n1. The quantitative estimate of drug-likeness (QED) is 0.0534. The molecule has 7 rings (SSSR count). The van der Waals surface area contributed by atoms with Crippen LogP contribution in [0.25, 0.3) is 0 Å². The van der Waals surface area contributed by atoms with Crippen molar-refractivity contribution in [1.29, 1.82) is 0 Å². The topological polar surface area (TPSA) is 110 Å². The number of nitrogens with one attached hydrogen (secondary N) is 1. The Morgan fingerprint density at radius 2 is 1.15 bits per heavy atom. The average molecular weight is 708 g/mol. The molecule has 0 saturated heterocycles. The lowest BCUT2D eigenvalue weighted by Gasteiger charge is -2.36. The van der Waals surface area contributed by atoms with Crippen LogP contribution in [0.15, 0.2) is 162 Å². The number of ether oxygens (including phenoxy) is 1. The Morgan fingerprint density at radius 3 is 1.60 bits per heavy atom. The molecule has 0 spiro atoms. The second-order valence-electron chi connectivity index (χ2n) is 12.7. The minimum atomic E-state index is -1.44. The zero-order valence-corrected chi connectivity index (χ0v) is 29.1. The van der Waals surface area contributed by atoms with Gasteiger partial charge in [0.25, 0.3) is 0 Å². The number of nitrogens with zero attached hydrogens (tertiary/aromatic N) is 2. The van der Waals surface area contributed by atoms with E-state index in [1.807, 2.05) is 115 Å². The molecule has 1 aliphatic carbocycles. The highest BCUT2D eigenvalue weighted by Crippen LogP contribution is 2.41. The van der Waals surface area contributed by atoms with Crippen molar-refractivity contribution < 1.29 is 24.3 Å². The summed E-state index contributed by atoms with van der Waals surface area (Å²) in [4.78, 5) is 37.5. The number of aromatic nitrogens is 1. The Labute approximate surface area is 306 Å². The summed E-state index contributed by atoms with van der Waals surface area (Å²) in [6.07, 6.45) is 1.43. The Morgan fingerprint density at radius 1 is 0.712 bits per heavy atom. The van der Waals surface area contributed by atoms with Gasteiger partial charge < -0.3 is 20.0 Å². The van der Waals surface area contributed by atoms with Crippen LogP contribution in [0.1, 0.15) is 65.3 Å². The molecule has 1 aromatic heterocycles. The van der Waals surface area contributed by atoms with Crippen LogP contribution >= 0.6 is 11.3 Å². The number of benzene rings is 5. The van der Waals surface area contributed by atoms with Gasteiger partial charge in [0.05, 0.1) is 0 Å². The molecule has 8 nitrogen and oxygen atoms in total. The highest BCUT2D eigenvalue weighted by atomic mass is 32.1. The molecule has 9 heteroatoms. The number of carboxylic acid groups (broad SMARTS) is 1. The molecule has 260 valence electrons. The van der Waals surface area contributed by atoms with E-state index in [9.17, 15) is 14.7 Å². The Balaban J connectivity index is 1.20. The van der Waals surface area contributed by atoms with Crippen molar-refractivity contribution in [2.75, 3.05) is 5.32 Å².